The predicted octanol–water partition coefficient (Wildman–Crippen LogP) is 0.618. The largest absolute Gasteiger partial charge is 0.459 e. The number of rotatable bonds is 4. The van der Waals surface area contributed by atoms with Crippen LogP contribution in [0, 0.1) is 28.6 Å². The summed E-state index contributed by atoms with van der Waals surface area (Å²) >= 11 is 0. The number of nitrogens with one attached hydrogen (secondary N) is 1. The van der Waals surface area contributed by atoms with Crippen molar-refractivity contribution in [2.75, 3.05) is 34.7 Å². The molecular weight excluding hydrogens is 442 g/mol. The predicted molar refractivity (Wildman–Crippen MR) is 117 cm³/mol. The Morgan fingerprint density at radius 1 is 1.09 bits per heavy atom. The second-order valence-electron chi connectivity index (χ2n) is 12.2. The number of aliphatic hydroxyl groups is 1. The number of piperidine rings is 1. The van der Waals surface area contributed by atoms with Crippen molar-refractivity contribution < 1.29 is 38.3 Å². The van der Waals surface area contributed by atoms with Crippen LogP contribution in [0.3, 0.4) is 0 Å². The smallest absolute Gasteiger partial charge is 0.303 e. The standard InChI is InChI=1S/C25H37NO8/c1-12(27)34-19-18-21(2)7-6-15(30-4)24(18)20(26-10-21)25(19)23(32-11-33-25)9-14(29-3)13-8-22(24,28)17(23)16(13)31-5/h13-20,26,28H,6-11H2,1-5H3/t13-,14+,15+,16+,17+,18-,19+,20?,21+,22+,23-,24-,25-/m1/s1. The minimum atomic E-state index is -1.16. The number of ether oxygens (including phenoxy) is 6. The molecule has 7 fully saturated rings. The fraction of sp³-hybridized carbons (Fsp3) is 0.960. The molecule has 13 atom stereocenters. The quantitative estimate of drug-likeness (QED) is 0.562. The van der Waals surface area contributed by atoms with Crippen molar-refractivity contribution in [1.29, 1.82) is 0 Å². The van der Waals surface area contributed by atoms with E-state index in [9.17, 15) is 9.90 Å². The summed E-state index contributed by atoms with van der Waals surface area (Å²) in [6, 6.07) is -0.289. The van der Waals surface area contributed by atoms with Crippen LogP contribution in [0.5, 0.6) is 0 Å². The van der Waals surface area contributed by atoms with E-state index < -0.39 is 28.3 Å². The average Bonchev–Trinajstić information content (AvgIpc) is 3.34. The van der Waals surface area contributed by atoms with Crippen molar-refractivity contribution >= 4 is 5.97 Å². The first-order chi connectivity index (χ1) is 16.2. The molecule has 1 unspecified atom stereocenters. The molecule has 9 nitrogen and oxygen atoms in total. The molecule has 0 aromatic carbocycles. The highest BCUT2D eigenvalue weighted by atomic mass is 16.7. The summed E-state index contributed by atoms with van der Waals surface area (Å²) in [5.41, 5.74) is -3.97. The van der Waals surface area contributed by atoms with Gasteiger partial charge in [0.2, 0.25) is 0 Å². The van der Waals surface area contributed by atoms with Crippen molar-refractivity contribution in [2.24, 2.45) is 28.6 Å². The van der Waals surface area contributed by atoms with E-state index >= 15 is 0 Å². The maximum atomic E-state index is 13.2. The maximum absolute atomic E-state index is 13.2. The molecule has 7 rings (SSSR count). The van der Waals surface area contributed by atoms with E-state index in [1.165, 1.54) is 6.92 Å². The average molecular weight is 480 g/mol. The fourth-order valence-electron chi connectivity index (χ4n) is 11.1. The zero-order valence-electron chi connectivity index (χ0n) is 20.7. The van der Waals surface area contributed by atoms with Gasteiger partial charge in [-0.2, -0.15) is 0 Å². The van der Waals surface area contributed by atoms with E-state index in [4.69, 9.17) is 28.4 Å². The number of carbonyl (C=O) groups is 1. The van der Waals surface area contributed by atoms with Gasteiger partial charge in [-0.05, 0) is 24.7 Å². The first-order valence-electron chi connectivity index (χ1n) is 12.7. The molecule has 7 bridgehead atoms. The van der Waals surface area contributed by atoms with E-state index in [1.54, 1.807) is 21.3 Å². The second-order valence-corrected chi connectivity index (χ2v) is 12.2. The van der Waals surface area contributed by atoms with Gasteiger partial charge in [0.05, 0.1) is 35.4 Å². The maximum Gasteiger partial charge on any atom is 0.303 e. The summed E-state index contributed by atoms with van der Waals surface area (Å²) in [6.07, 6.45) is 1.63. The Labute approximate surface area is 200 Å². The van der Waals surface area contributed by atoms with Gasteiger partial charge in [-0.25, -0.2) is 0 Å². The third kappa shape index (κ3) is 1.94. The van der Waals surface area contributed by atoms with Crippen LogP contribution < -0.4 is 5.32 Å². The number of hydrogen-bond donors (Lipinski definition) is 2. The molecule has 190 valence electrons. The zero-order chi connectivity index (χ0) is 23.9. The van der Waals surface area contributed by atoms with Crippen LogP contribution in [0.1, 0.15) is 39.5 Å². The van der Waals surface area contributed by atoms with Crippen molar-refractivity contribution in [3.05, 3.63) is 0 Å². The summed E-state index contributed by atoms with van der Waals surface area (Å²) in [4.78, 5) is 12.6. The van der Waals surface area contributed by atoms with E-state index in [-0.39, 0.29) is 60.3 Å². The number of esters is 1. The van der Waals surface area contributed by atoms with Gasteiger partial charge < -0.3 is 38.8 Å². The van der Waals surface area contributed by atoms with E-state index in [0.29, 0.717) is 12.8 Å². The van der Waals surface area contributed by atoms with Gasteiger partial charge in [-0.15, -0.1) is 0 Å². The molecule has 9 heteroatoms. The van der Waals surface area contributed by atoms with E-state index in [1.807, 2.05) is 0 Å². The highest BCUT2D eigenvalue weighted by Gasteiger charge is 2.97. The van der Waals surface area contributed by atoms with Gasteiger partial charge >= 0.3 is 5.97 Å². The molecule has 0 amide bonds. The lowest BCUT2D eigenvalue weighted by molar-refractivity contribution is -0.312. The molecule has 2 heterocycles. The molecule has 0 aromatic heterocycles. The monoisotopic (exact) mass is 479 g/mol. The summed E-state index contributed by atoms with van der Waals surface area (Å²) in [5.74, 6) is -0.791. The molecule has 7 aliphatic rings. The van der Waals surface area contributed by atoms with Crippen molar-refractivity contribution in [3.63, 3.8) is 0 Å². The Bertz CT molecular complexity index is 933. The summed E-state index contributed by atoms with van der Waals surface area (Å²) < 4.78 is 38.1. The lowest BCUT2D eigenvalue weighted by Gasteiger charge is -2.69. The topological polar surface area (TPSA) is 105 Å². The molecule has 2 aliphatic heterocycles. The number of hydrogen-bond acceptors (Lipinski definition) is 9. The Morgan fingerprint density at radius 2 is 1.88 bits per heavy atom. The minimum absolute atomic E-state index is 0.0317. The number of methoxy groups -OCH3 is 3. The Morgan fingerprint density at radius 3 is 2.56 bits per heavy atom. The van der Waals surface area contributed by atoms with E-state index in [2.05, 4.69) is 12.2 Å². The van der Waals surface area contributed by atoms with Crippen LogP contribution in [0.2, 0.25) is 0 Å². The molecule has 0 aromatic rings. The van der Waals surface area contributed by atoms with Gasteiger partial charge in [0.25, 0.3) is 0 Å². The van der Waals surface area contributed by atoms with Gasteiger partial charge in [-0.3, -0.25) is 4.79 Å². The van der Waals surface area contributed by atoms with E-state index in [0.717, 1.165) is 19.4 Å². The minimum Gasteiger partial charge on any atom is -0.459 e. The van der Waals surface area contributed by atoms with Crippen LogP contribution in [0.4, 0.5) is 0 Å². The molecular formula is C25H37NO8. The van der Waals surface area contributed by atoms with Crippen LogP contribution in [-0.4, -0.2) is 93.0 Å². The number of carbonyl (C=O) groups excluding carboxylic acids is 1. The molecule has 3 spiro atoms. The van der Waals surface area contributed by atoms with Crippen LogP contribution in [-0.2, 0) is 33.2 Å². The van der Waals surface area contributed by atoms with Crippen molar-refractivity contribution in [1.82, 2.24) is 5.32 Å². The van der Waals surface area contributed by atoms with Gasteiger partial charge in [0, 0.05) is 59.0 Å². The summed E-state index contributed by atoms with van der Waals surface area (Å²) in [7, 11) is 5.18. The fourth-order valence-corrected chi connectivity index (χ4v) is 11.1. The lowest BCUT2D eigenvalue weighted by Crippen LogP contribution is -2.85. The van der Waals surface area contributed by atoms with Gasteiger partial charge in [0.1, 0.15) is 18.5 Å². The molecule has 5 saturated carbocycles. The van der Waals surface area contributed by atoms with Gasteiger partial charge in [-0.1, -0.05) is 6.92 Å². The van der Waals surface area contributed by atoms with Crippen LogP contribution in [0.25, 0.3) is 0 Å². The Balaban J connectivity index is 1.59. The summed E-state index contributed by atoms with van der Waals surface area (Å²) in [5, 5.41) is 17.0. The molecule has 0 radical (unpaired) electrons. The molecule has 34 heavy (non-hydrogen) atoms. The first kappa shape index (κ1) is 22.4. The lowest BCUT2D eigenvalue weighted by atomic mass is 9.41. The second kappa shape index (κ2) is 6.54. The number of fused-ring (bicyclic) bond motifs is 1. The SMILES string of the molecule is CO[C@H]1[C@@H]2C[C@]3(O)[C@H]1[C@@]1(C[C@@H]2OC)OCO[C@]12C1NC[C@]4(C)CC[C@H](OC)[C@@]13[C@@H]4[C@@H]2OC(C)=O. The highest BCUT2D eigenvalue weighted by molar-refractivity contribution is 5.67. The molecule has 5 aliphatic carbocycles. The van der Waals surface area contributed by atoms with Crippen molar-refractivity contribution in [2.45, 2.75) is 86.8 Å². The van der Waals surface area contributed by atoms with Crippen molar-refractivity contribution in [3.8, 4) is 0 Å². The van der Waals surface area contributed by atoms with Gasteiger partial charge in [0.15, 0.2) is 5.60 Å². The molecule has 2 saturated heterocycles. The molecule has 2 N–H and O–H groups in total. The Kier molecular flexibility index (Phi) is 4.31. The third-order valence-electron chi connectivity index (χ3n) is 11.6. The third-order valence-corrected chi connectivity index (χ3v) is 11.6. The first-order valence-corrected chi connectivity index (χ1v) is 12.7. The zero-order valence-corrected chi connectivity index (χ0v) is 20.7. The Hall–Kier alpha value is -0.810. The highest BCUT2D eigenvalue weighted by Crippen LogP contribution is 2.82. The summed E-state index contributed by atoms with van der Waals surface area (Å²) in [6.45, 7) is 4.58. The van der Waals surface area contributed by atoms with Crippen LogP contribution in [0.15, 0.2) is 0 Å². The van der Waals surface area contributed by atoms with Crippen LogP contribution >= 0.6 is 0 Å². The normalized spacial score (nSPS) is 62.4.